The number of carbonyl (C=O) groups excluding carboxylic acids is 1. The lowest BCUT2D eigenvalue weighted by atomic mass is 10.1. The number of benzene rings is 2. The molecule has 0 radical (unpaired) electrons. The number of nitrogens with zero attached hydrogens (tertiary/aromatic N) is 3. The molecule has 13 heteroatoms. The standard InChI is InChI=1S/C26H22Br2Cl2N4O5/c1-14-25(28)18(13-37-2)17(9-31)26(36)34(14)11-24(35)33-32-10-16-7-22(38-3)23(8-19(16)27)39-12-15-4-5-20(29)21(30)6-15/h4-8,10H,11-13H2,1-3H3,(H,33,35)/b32-10-. The maximum atomic E-state index is 12.8. The summed E-state index contributed by atoms with van der Waals surface area (Å²) in [5, 5.41) is 14.4. The first-order valence-corrected chi connectivity index (χ1v) is 13.5. The van der Waals surface area contributed by atoms with Gasteiger partial charge in [0.1, 0.15) is 24.8 Å². The van der Waals surface area contributed by atoms with Gasteiger partial charge < -0.3 is 18.8 Å². The van der Waals surface area contributed by atoms with Crippen molar-refractivity contribution in [2.75, 3.05) is 14.2 Å². The molecule has 0 saturated heterocycles. The Morgan fingerprint density at radius 1 is 1.15 bits per heavy atom. The lowest BCUT2D eigenvalue weighted by molar-refractivity contribution is -0.121. The van der Waals surface area contributed by atoms with Gasteiger partial charge in [-0.2, -0.15) is 10.4 Å². The van der Waals surface area contributed by atoms with Gasteiger partial charge in [0.05, 0.1) is 30.0 Å². The summed E-state index contributed by atoms with van der Waals surface area (Å²) in [6, 6.07) is 10.5. The van der Waals surface area contributed by atoms with Crippen molar-refractivity contribution >= 4 is 67.2 Å². The van der Waals surface area contributed by atoms with Crippen LogP contribution in [0.1, 0.15) is 27.9 Å². The van der Waals surface area contributed by atoms with Crippen LogP contribution in [-0.4, -0.2) is 30.9 Å². The summed E-state index contributed by atoms with van der Waals surface area (Å²) in [7, 11) is 2.97. The zero-order chi connectivity index (χ0) is 28.7. The fraction of sp³-hybridized carbons (Fsp3) is 0.231. The third-order valence-corrected chi connectivity index (χ3v) is 7.98. The van der Waals surface area contributed by atoms with Crippen molar-refractivity contribution in [3.8, 4) is 17.6 Å². The normalized spacial score (nSPS) is 10.9. The van der Waals surface area contributed by atoms with E-state index in [9.17, 15) is 14.9 Å². The highest BCUT2D eigenvalue weighted by Gasteiger charge is 2.19. The molecule has 1 N–H and O–H groups in total. The Kier molecular flexibility index (Phi) is 11.0. The number of amides is 1. The Hall–Kier alpha value is -2.88. The number of nitrogens with one attached hydrogen (secondary N) is 1. The van der Waals surface area contributed by atoms with Crippen molar-refractivity contribution in [3.05, 3.63) is 87.6 Å². The van der Waals surface area contributed by atoms with Gasteiger partial charge in [-0.3, -0.25) is 9.59 Å². The number of carbonyl (C=O) groups is 1. The van der Waals surface area contributed by atoms with Crippen molar-refractivity contribution in [1.29, 1.82) is 5.26 Å². The first kappa shape index (κ1) is 30.7. The Balaban J connectivity index is 1.73. The summed E-state index contributed by atoms with van der Waals surface area (Å²) in [5.41, 5.74) is 4.05. The molecule has 0 bridgehead atoms. The highest BCUT2D eigenvalue weighted by atomic mass is 79.9. The highest BCUT2D eigenvalue weighted by Crippen LogP contribution is 2.34. The van der Waals surface area contributed by atoms with Gasteiger partial charge in [-0.05, 0) is 68.6 Å². The molecule has 0 atom stereocenters. The molecule has 0 fully saturated rings. The second-order valence-corrected chi connectivity index (χ2v) is 10.5. The van der Waals surface area contributed by atoms with E-state index in [1.54, 1.807) is 31.2 Å². The minimum Gasteiger partial charge on any atom is -0.493 e. The van der Waals surface area contributed by atoms with Crippen molar-refractivity contribution in [3.63, 3.8) is 0 Å². The summed E-state index contributed by atoms with van der Waals surface area (Å²) in [5.74, 6) is 0.358. The van der Waals surface area contributed by atoms with Gasteiger partial charge in [0.25, 0.3) is 11.5 Å². The van der Waals surface area contributed by atoms with Crippen LogP contribution in [0, 0.1) is 18.3 Å². The third-order valence-electron chi connectivity index (χ3n) is 5.50. The molecule has 0 unspecified atom stereocenters. The molecule has 1 amide bonds. The number of rotatable bonds is 10. The highest BCUT2D eigenvalue weighted by molar-refractivity contribution is 9.10. The first-order valence-electron chi connectivity index (χ1n) is 11.2. The van der Waals surface area contributed by atoms with Crippen LogP contribution in [0.4, 0.5) is 0 Å². The molecule has 0 aliphatic heterocycles. The summed E-state index contributed by atoms with van der Waals surface area (Å²) in [6.07, 6.45) is 1.42. The van der Waals surface area contributed by atoms with Crippen LogP contribution in [-0.2, 0) is 29.3 Å². The van der Waals surface area contributed by atoms with E-state index in [1.807, 2.05) is 12.1 Å². The van der Waals surface area contributed by atoms with Gasteiger partial charge in [-0.1, -0.05) is 29.3 Å². The summed E-state index contributed by atoms with van der Waals surface area (Å²) in [6.45, 7) is 1.64. The van der Waals surface area contributed by atoms with E-state index in [4.69, 9.17) is 37.4 Å². The minimum atomic E-state index is -0.590. The Bertz CT molecular complexity index is 1540. The lowest BCUT2D eigenvalue weighted by Crippen LogP contribution is -2.33. The molecule has 3 rings (SSSR count). The van der Waals surface area contributed by atoms with Crippen molar-refractivity contribution in [2.24, 2.45) is 5.10 Å². The summed E-state index contributed by atoms with van der Waals surface area (Å²) < 4.78 is 18.8. The zero-order valence-corrected chi connectivity index (χ0v) is 25.7. The number of hydrogen-bond acceptors (Lipinski definition) is 7. The smallest absolute Gasteiger partial charge is 0.269 e. The zero-order valence-electron chi connectivity index (χ0n) is 21.0. The molecule has 9 nitrogen and oxygen atoms in total. The average Bonchev–Trinajstić information content (AvgIpc) is 2.91. The number of halogens is 4. The van der Waals surface area contributed by atoms with E-state index >= 15 is 0 Å². The molecule has 0 aliphatic rings. The van der Waals surface area contributed by atoms with E-state index in [0.717, 1.165) is 5.56 Å². The average molecular weight is 701 g/mol. The van der Waals surface area contributed by atoms with Crippen LogP contribution < -0.4 is 20.5 Å². The molecule has 0 spiro atoms. The van der Waals surface area contributed by atoms with Crippen LogP contribution in [0.25, 0.3) is 0 Å². The number of hydrogen-bond donors (Lipinski definition) is 1. The Morgan fingerprint density at radius 3 is 2.54 bits per heavy atom. The number of nitriles is 1. The molecule has 1 aromatic heterocycles. The fourth-order valence-electron chi connectivity index (χ4n) is 3.51. The molecule has 3 aromatic rings. The van der Waals surface area contributed by atoms with E-state index in [-0.39, 0.29) is 25.3 Å². The topological polar surface area (TPSA) is 115 Å². The summed E-state index contributed by atoms with van der Waals surface area (Å²) >= 11 is 18.9. The quantitative estimate of drug-likeness (QED) is 0.213. The molecular formula is C26H22Br2Cl2N4O5. The van der Waals surface area contributed by atoms with Crippen molar-refractivity contribution in [1.82, 2.24) is 9.99 Å². The number of ether oxygens (including phenoxy) is 3. The van der Waals surface area contributed by atoms with Gasteiger partial charge >= 0.3 is 0 Å². The SMILES string of the molecule is COCc1c(Br)c(C)n(CC(=O)N/N=C\c2cc(OC)c(OCc3ccc(Cl)c(Cl)c3)cc2Br)c(=O)c1C#N. The largest absolute Gasteiger partial charge is 0.493 e. The van der Waals surface area contributed by atoms with Crippen molar-refractivity contribution in [2.45, 2.75) is 26.7 Å². The van der Waals surface area contributed by atoms with Gasteiger partial charge in [0.15, 0.2) is 11.5 Å². The molecular weight excluding hydrogens is 679 g/mol. The van der Waals surface area contributed by atoms with E-state index in [2.05, 4.69) is 42.4 Å². The van der Waals surface area contributed by atoms with Gasteiger partial charge in [0.2, 0.25) is 0 Å². The van der Waals surface area contributed by atoms with Crippen LogP contribution in [0.5, 0.6) is 11.5 Å². The number of hydrazone groups is 1. The number of aromatic nitrogens is 1. The maximum Gasteiger partial charge on any atom is 0.269 e. The molecule has 0 saturated carbocycles. The fourth-order valence-corrected chi connectivity index (χ4v) is 4.79. The van der Waals surface area contributed by atoms with Crippen molar-refractivity contribution < 1.29 is 19.0 Å². The molecule has 39 heavy (non-hydrogen) atoms. The first-order chi connectivity index (χ1) is 18.6. The van der Waals surface area contributed by atoms with Gasteiger partial charge in [-0.25, -0.2) is 5.43 Å². The second kappa shape index (κ2) is 14.0. The molecule has 1 heterocycles. The molecule has 2 aromatic carbocycles. The maximum absolute atomic E-state index is 12.8. The van der Waals surface area contributed by atoms with E-state index in [1.165, 1.54) is 25.0 Å². The monoisotopic (exact) mass is 698 g/mol. The van der Waals surface area contributed by atoms with Gasteiger partial charge in [0, 0.05) is 32.9 Å². The van der Waals surface area contributed by atoms with Crippen LogP contribution in [0.3, 0.4) is 0 Å². The third kappa shape index (κ3) is 7.41. The Morgan fingerprint density at radius 2 is 1.90 bits per heavy atom. The van der Waals surface area contributed by atoms with E-state index < -0.39 is 11.5 Å². The lowest BCUT2D eigenvalue weighted by Gasteiger charge is -2.15. The number of methoxy groups -OCH3 is 2. The minimum absolute atomic E-state index is 0.0779. The molecule has 204 valence electrons. The van der Waals surface area contributed by atoms with Crippen LogP contribution >= 0.6 is 55.1 Å². The second-order valence-electron chi connectivity index (χ2n) is 8.04. The van der Waals surface area contributed by atoms with Crippen LogP contribution in [0.15, 0.2) is 49.2 Å². The predicted octanol–water partition coefficient (Wildman–Crippen LogP) is 5.74. The van der Waals surface area contributed by atoms with Crippen LogP contribution in [0.2, 0.25) is 10.0 Å². The van der Waals surface area contributed by atoms with E-state index in [0.29, 0.717) is 47.3 Å². The number of pyridine rings is 1. The summed E-state index contributed by atoms with van der Waals surface area (Å²) in [4.78, 5) is 25.4. The predicted molar refractivity (Wildman–Crippen MR) is 156 cm³/mol. The Labute approximate surface area is 251 Å². The van der Waals surface area contributed by atoms with Gasteiger partial charge in [-0.15, -0.1) is 0 Å². The molecule has 0 aliphatic carbocycles.